The van der Waals surface area contributed by atoms with E-state index in [4.69, 9.17) is 0 Å². The van der Waals surface area contributed by atoms with Gasteiger partial charge in [0.2, 0.25) is 0 Å². The molecule has 4 saturated carbocycles. The fourth-order valence-electron chi connectivity index (χ4n) is 16.2. The molecule has 7 aliphatic carbocycles. The van der Waals surface area contributed by atoms with Crippen molar-refractivity contribution >= 4 is 17.1 Å². The van der Waals surface area contributed by atoms with Crippen LogP contribution in [-0.4, -0.2) is 0 Å². The van der Waals surface area contributed by atoms with Crippen LogP contribution in [0.15, 0.2) is 212 Å². The first-order valence-electron chi connectivity index (χ1n) is 25.7. The number of para-hydroxylation sites is 1. The van der Waals surface area contributed by atoms with E-state index < -0.39 is 5.41 Å². The van der Waals surface area contributed by atoms with Gasteiger partial charge in [-0.1, -0.05) is 196 Å². The van der Waals surface area contributed by atoms with Crippen molar-refractivity contribution in [1.82, 2.24) is 0 Å². The summed E-state index contributed by atoms with van der Waals surface area (Å²) in [7, 11) is 0. The fraction of sp³-hybridized carbons (Fsp3) is 0.206. The molecule has 9 aromatic carbocycles. The highest BCUT2D eigenvalue weighted by molar-refractivity contribution is 5.97. The zero-order valence-electron chi connectivity index (χ0n) is 39.5. The molecule has 0 aliphatic heterocycles. The van der Waals surface area contributed by atoms with E-state index in [1.807, 2.05) is 0 Å². The Morgan fingerprint density at radius 3 is 1.41 bits per heavy atom. The summed E-state index contributed by atoms with van der Waals surface area (Å²) in [6, 6.07) is 81.8. The minimum Gasteiger partial charge on any atom is -0.310 e. The second kappa shape index (κ2) is 14.4. The molecule has 1 heteroatoms. The maximum atomic E-state index is 2.69. The van der Waals surface area contributed by atoms with E-state index in [9.17, 15) is 0 Å². The molecule has 332 valence electrons. The van der Waals surface area contributed by atoms with Crippen LogP contribution in [0.5, 0.6) is 0 Å². The number of hydrogen-bond acceptors (Lipinski definition) is 1. The number of anilines is 3. The quantitative estimate of drug-likeness (QED) is 0.161. The lowest BCUT2D eigenvalue weighted by molar-refractivity contribution is -0.0399. The molecule has 0 aromatic heterocycles. The molecule has 69 heavy (non-hydrogen) atoms. The number of fused-ring (bicyclic) bond motifs is 9. The van der Waals surface area contributed by atoms with Gasteiger partial charge in [-0.3, -0.25) is 0 Å². The molecule has 16 rings (SSSR count). The SMILES string of the molecule is CC1(C)c2ccccc2-c2cccc(-c3ccccc3N(c3ccc4c(c3)C(c3ccccc3)(c3ccccc3)c3ccccc3-4)c3ccc4c(c3)C3(c5ccccc5-4)C4CC5CC(C4)CC3C5)c21. The van der Waals surface area contributed by atoms with E-state index in [0.29, 0.717) is 11.8 Å². The van der Waals surface area contributed by atoms with Crippen LogP contribution < -0.4 is 4.90 Å². The second-order valence-electron chi connectivity index (χ2n) is 22.0. The number of hydrogen-bond donors (Lipinski definition) is 0. The van der Waals surface area contributed by atoms with Gasteiger partial charge in [0.05, 0.1) is 11.1 Å². The summed E-state index contributed by atoms with van der Waals surface area (Å²) in [5, 5.41) is 0. The predicted octanol–water partition coefficient (Wildman–Crippen LogP) is 17.2. The molecule has 0 amide bonds. The molecule has 4 bridgehead atoms. The molecule has 9 aromatic rings. The highest BCUT2D eigenvalue weighted by Gasteiger charge is 2.61. The minimum absolute atomic E-state index is 0.0476. The van der Waals surface area contributed by atoms with Gasteiger partial charge in [-0.25, -0.2) is 0 Å². The van der Waals surface area contributed by atoms with Gasteiger partial charge < -0.3 is 4.90 Å². The van der Waals surface area contributed by atoms with E-state index in [0.717, 1.165) is 11.8 Å². The Bertz CT molecular complexity index is 3490. The van der Waals surface area contributed by atoms with Crippen molar-refractivity contribution in [1.29, 1.82) is 0 Å². The first kappa shape index (κ1) is 39.7. The molecule has 7 aliphatic rings. The van der Waals surface area contributed by atoms with Gasteiger partial charge in [0, 0.05) is 27.8 Å². The number of nitrogens with zero attached hydrogens (tertiary/aromatic N) is 1. The van der Waals surface area contributed by atoms with Crippen LogP contribution in [-0.2, 0) is 16.2 Å². The van der Waals surface area contributed by atoms with Crippen molar-refractivity contribution < 1.29 is 0 Å². The molecular weight excluding hydrogens is 831 g/mol. The van der Waals surface area contributed by atoms with Gasteiger partial charge in [0.25, 0.3) is 0 Å². The van der Waals surface area contributed by atoms with Crippen molar-refractivity contribution in [2.24, 2.45) is 23.7 Å². The van der Waals surface area contributed by atoms with Crippen LogP contribution in [0.2, 0.25) is 0 Å². The molecule has 0 unspecified atom stereocenters. The van der Waals surface area contributed by atoms with Crippen molar-refractivity contribution in [2.45, 2.75) is 62.2 Å². The Labute approximate surface area is 407 Å². The summed E-state index contributed by atoms with van der Waals surface area (Å²) in [6.45, 7) is 4.85. The topological polar surface area (TPSA) is 3.24 Å². The molecule has 4 fully saturated rings. The fourth-order valence-corrected chi connectivity index (χ4v) is 16.2. The highest BCUT2D eigenvalue weighted by atomic mass is 15.1. The van der Waals surface area contributed by atoms with E-state index in [-0.39, 0.29) is 10.8 Å². The standard InChI is InChI=1S/C68H55N/c1-66(2)59-28-13-9-24-53(59)57-26-17-27-58(65(57)66)56-25-12-16-31-64(56)69(50-33-35-55-52-23-11-15-30-61(52)68(63(55)42-50)47-37-43-36-44(39-47)40-48(68)38-43)49-32-34-54-51-22-10-14-29-60(51)67(62(54)41-49,45-18-5-3-6-19-45)46-20-7-4-8-21-46/h3-35,41-44,47-48H,36-40H2,1-2H3. The summed E-state index contributed by atoms with van der Waals surface area (Å²) in [5.74, 6) is 3.13. The molecular formula is C68H55N. The van der Waals surface area contributed by atoms with E-state index >= 15 is 0 Å². The Kier molecular flexibility index (Phi) is 8.30. The molecule has 1 spiro atoms. The predicted molar refractivity (Wildman–Crippen MR) is 285 cm³/mol. The molecule has 1 nitrogen and oxygen atoms in total. The lowest BCUT2D eigenvalue weighted by Gasteiger charge is -2.61. The van der Waals surface area contributed by atoms with Gasteiger partial charge in [0.15, 0.2) is 0 Å². The third-order valence-corrected chi connectivity index (χ3v) is 18.5. The highest BCUT2D eigenvalue weighted by Crippen LogP contribution is 2.70. The minimum atomic E-state index is -0.518. The third-order valence-electron chi connectivity index (χ3n) is 18.5. The zero-order valence-corrected chi connectivity index (χ0v) is 39.5. The van der Waals surface area contributed by atoms with Gasteiger partial charge in [-0.05, 0) is 170 Å². The van der Waals surface area contributed by atoms with Crippen LogP contribution in [0, 0.1) is 23.7 Å². The van der Waals surface area contributed by atoms with Crippen molar-refractivity contribution in [3.8, 4) is 44.5 Å². The van der Waals surface area contributed by atoms with E-state index in [1.165, 1.54) is 127 Å². The van der Waals surface area contributed by atoms with Gasteiger partial charge in [-0.15, -0.1) is 0 Å². The average molecular weight is 886 g/mol. The van der Waals surface area contributed by atoms with Crippen molar-refractivity contribution in [3.63, 3.8) is 0 Å². The summed E-state index contributed by atoms with van der Waals surface area (Å²) in [6.07, 6.45) is 6.90. The van der Waals surface area contributed by atoms with Gasteiger partial charge >= 0.3 is 0 Å². The summed E-state index contributed by atoms with van der Waals surface area (Å²) < 4.78 is 0. The maximum Gasteiger partial charge on any atom is 0.0714 e. The first-order valence-corrected chi connectivity index (χ1v) is 25.7. The molecule has 0 radical (unpaired) electrons. The third kappa shape index (κ3) is 5.21. The maximum absolute atomic E-state index is 2.69. The summed E-state index contributed by atoms with van der Waals surface area (Å²) in [5.41, 5.74) is 25.0. The summed E-state index contributed by atoms with van der Waals surface area (Å²) in [4.78, 5) is 2.65. The lowest BCUT2D eigenvalue weighted by atomic mass is 9.43. The smallest absolute Gasteiger partial charge is 0.0714 e. The Balaban J connectivity index is 1.01. The molecule has 0 saturated heterocycles. The molecule has 0 heterocycles. The van der Waals surface area contributed by atoms with Gasteiger partial charge in [-0.2, -0.15) is 0 Å². The monoisotopic (exact) mass is 885 g/mol. The number of rotatable bonds is 6. The van der Waals surface area contributed by atoms with Crippen molar-refractivity contribution in [3.05, 3.63) is 257 Å². The second-order valence-corrected chi connectivity index (χ2v) is 22.0. The van der Waals surface area contributed by atoms with Gasteiger partial charge in [0.1, 0.15) is 0 Å². The Morgan fingerprint density at radius 2 is 0.783 bits per heavy atom. The number of benzene rings is 9. The van der Waals surface area contributed by atoms with Crippen LogP contribution >= 0.6 is 0 Å². The molecule has 0 atom stereocenters. The normalized spacial score (nSPS) is 22.9. The lowest BCUT2D eigenvalue weighted by Crippen LogP contribution is -2.55. The first-order chi connectivity index (χ1) is 34.0. The Morgan fingerprint density at radius 1 is 0.348 bits per heavy atom. The summed E-state index contributed by atoms with van der Waals surface area (Å²) >= 11 is 0. The average Bonchev–Trinajstić information content (AvgIpc) is 3.95. The van der Waals surface area contributed by atoms with Crippen LogP contribution in [0.1, 0.15) is 90.5 Å². The zero-order chi connectivity index (χ0) is 45.6. The van der Waals surface area contributed by atoms with Crippen LogP contribution in [0.3, 0.4) is 0 Å². The van der Waals surface area contributed by atoms with Crippen LogP contribution in [0.25, 0.3) is 44.5 Å². The largest absolute Gasteiger partial charge is 0.310 e. The van der Waals surface area contributed by atoms with Crippen LogP contribution in [0.4, 0.5) is 17.1 Å². The van der Waals surface area contributed by atoms with E-state index in [1.54, 1.807) is 11.1 Å². The Hall–Kier alpha value is -7.22. The molecule has 0 N–H and O–H groups in total. The van der Waals surface area contributed by atoms with Crippen molar-refractivity contribution in [2.75, 3.05) is 4.90 Å². The van der Waals surface area contributed by atoms with E-state index in [2.05, 4.69) is 231 Å².